The van der Waals surface area contributed by atoms with E-state index in [9.17, 15) is 4.79 Å². The first-order valence-electron chi connectivity index (χ1n) is 8.81. The highest BCUT2D eigenvalue weighted by Gasteiger charge is 2.18. The molecule has 0 radical (unpaired) electrons. The van der Waals surface area contributed by atoms with Gasteiger partial charge in [0.1, 0.15) is 5.75 Å². The largest absolute Gasteiger partial charge is 0.497 e. The Bertz CT molecular complexity index is 1110. The van der Waals surface area contributed by atoms with E-state index in [1.807, 2.05) is 53.1 Å². The number of H-pyrrole nitrogens is 1. The number of ketones is 1. The summed E-state index contributed by atoms with van der Waals surface area (Å²) in [6, 6.07) is 18.6. The number of rotatable bonds is 7. The van der Waals surface area contributed by atoms with Gasteiger partial charge in [-0.2, -0.15) is 0 Å². The molecule has 1 N–H and O–H groups in total. The summed E-state index contributed by atoms with van der Waals surface area (Å²) in [7, 11) is 1.63. The molecule has 4 aromatic rings. The Hall–Kier alpha value is -3.03. The topological polar surface area (TPSA) is 72.8 Å². The average molecular weight is 425 g/mol. The number of hydrogen-bond donors (Lipinski definition) is 1. The number of benzene rings is 2. The van der Waals surface area contributed by atoms with Crippen molar-refractivity contribution < 1.29 is 9.53 Å². The number of Topliss-reactive ketones (excluding diaryl/α,β-unsaturated/α-hetero) is 1. The summed E-state index contributed by atoms with van der Waals surface area (Å²) in [6.07, 6.45) is 1.73. The highest BCUT2D eigenvalue weighted by Crippen LogP contribution is 2.29. The molecule has 0 saturated carbocycles. The van der Waals surface area contributed by atoms with Crippen LogP contribution in [0.2, 0.25) is 5.02 Å². The van der Waals surface area contributed by atoms with Crippen molar-refractivity contribution in [1.29, 1.82) is 0 Å². The predicted molar refractivity (Wildman–Crippen MR) is 114 cm³/mol. The Balaban J connectivity index is 1.69. The average Bonchev–Trinajstić information content (AvgIpc) is 3.43. The van der Waals surface area contributed by atoms with Gasteiger partial charge in [-0.3, -0.25) is 9.36 Å². The molecule has 0 aliphatic carbocycles. The third kappa shape index (κ3) is 4.21. The highest BCUT2D eigenvalue weighted by atomic mass is 35.5. The molecule has 4 rings (SSSR count). The Morgan fingerprint density at radius 2 is 1.86 bits per heavy atom. The smallest absolute Gasteiger partial charge is 0.196 e. The Labute approximate surface area is 176 Å². The highest BCUT2D eigenvalue weighted by molar-refractivity contribution is 7.99. The fourth-order valence-corrected chi connectivity index (χ4v) is 3.79. The van der Waals surface area contributed by atoms with Gasteiger partial charge in [-0.05, 0) is 60.7 Å². The van der Waals surface area contributed by atoms with Crippen molar-refractivity contribution in [2.75, 3.05) is 12.9 Å². The first kappa shape index (κ1) is 19.3. The van der Waals surface area contributed by atoms with E-state index >= 15 is 0 Å². The third-order valence-electron chi connectivity index (χ3n) is 4.30. The van der Waals surface area contributed by atoms with Crippen LogP contribution in [-0.4, -0.2) is 38.4 Å². The normalized spacial score (nSPS) is 10.8. The van der Waals surface area contributed by atoms with Gasteiger partial charge in [0.25, 0.3) is 0 Å². The van der Waals surface area contributed by atoms with Crippen LogP contribution in [0.4, 0.5) is 0 Å². The summed E-state index contributed by atoms with van der Waals surface area (Å²) < 4.78 is 7.16. The zero-order valence-corrected chi connectivity index (χ0v) is 17.1. The molecule has 0 unspecified atom stereocenters. The lowest BCUT2D eigenvalue weighted by molar-refractivity contribution is 0.101. The molecule has 8 heteroatoms. The number of halogens is 1. The van der Waals surface area contributed by atoms with Gasteiger partial charge in [0.15, 0.2) is 16.8 Å². The maximum absolute atomic E-state index is 12.4. The van der Waals surface area contributed by atoms with E-state index in [1.54, 1.807) is 25.4 Å². The molecular weight excluding hydrogens is 408 g/mol. The van der Waals surface area contributed by atoms with Gasteiger partial charge in [0, 0.05) is 22.5 Å². The number of nitrogens with one attached hydrogen (secondary N) is 1. The van der Waals surface area contributed by atoms with E-state index in [4.69, 9.17) is 16.3 Å². The Morgan fingerprint density at radius 3 is 2.52 bits per heavy atom. The van der Waals surface area contributed by atoms with Crippen molar-refractivity contribution in [3.05, 3.63) is 77.6 Å². The zero-order valence-electron chi connectivity index (χ0n) is 15.5. The second kappa shape index (κ2) is 8.55. The monoisotopic (exact) mass is 424 g/mol. The molecule has 2 aromatic carbocycles. The number of carbonyl (C=O) groups is 1. The molecule has 0 fully saturated rings. The van der Waals surface area contributed by atoms with E-state index in [0.29, 0.717) is 21.7 Å². The number of thioether (sulfide) groups is 1. The van der Waals surface area contributed by atoms with Gasteiger partial charge in [-0.25, -0.2) is 0 Å². The van der Waals surface area contributed by atoms with Gasteiger partial charge in [-0.1, -0.05) is 23.4 Å². The number of methoxy groups -OCH3 is 1. The number of ether oxygens (including phenoxy) is 1. The maximum atomic E-state index is 12.4. The van der Waals surface area contributed by atoms with E-state index < -0.39 is 0 Å². The molecule has 0 spiro atoms. The maximum Gasteiger partial charge on any atom is 0.196 e. The van der Waals surface area contributed by atoms with Crippen LogP contribution in [0, 0.1) is 0 Å². The van der Waals surface area contributed by atoms with Crippen LogP contribution in [0.15, 0.2) is 72.0 Å². The fraction of sp³-hybridized carbons (Fsp3) is 0.0952. The minimum atomic E-state index is -0.00310. The molecule has 0 aliphatic rings. The molecule has 6 nitrogen and oxygen atoms in total. The SMILES string of the molecule is COc1ccc(-c2nnc(SCC(=O)c3ccc[nH]3)n2-c2ccc(Cl)cc2)cc1. The van der Waals surface area contributed by atoms with Crippen LogP contribution in [0.25, 0.3) is 17.1 Å². The predicted octanol–water partition coefficient (Wildman–Crippen LogP) is 4.90. The standard InChI is InChI=1S/C21H17ClN4O2S/c1-28-17-10-4-14(5-11-17)20-24-25-21(26(20)16-8-6-15(22)7-9-16)29-13-19(27)18-3-2-12-23-18/h2-12,23H,13H2,1H3. The lowest BCUT2D eigenvalue weighted by atomic mass is 10.2. The van der Waals surface area contributed by atoms with Crippen LogP contribution in [0.3, 0.4) is 0 Å². The van der Waals surface area contributed by atoms with Gasteiger partial charge < -0.3 is 9.72 Å². The molecule has 0 bridgehead atoms. The number of nitrogens with zero attached hydrogens (tertiary/aromatic N) is 3. The summed E-state index contributed by atoms with van der Waals surface area (Å²) in [5.74, 6) is 1.67. The number of hydrogen-bond acceptors (Lipinski definition) is 5. The fourth-order valence-electron chi connectivity index (χ4n) is 2.83. The van der Waals surface area contributed by atoms with E-state index in [0.717, 1.165) is 17.0 Å². The number of aromatic nitrogens is 4. The molecule has 0 amide bonds. The van der Waals surface area contributed by atoms with Crippen LogP contribution in [-0.2, 0) is 0 Å². The minimum absolute atomic E-state index is 0.00310. The summed E-state index contributed by atoms with van der Waals surface area (Å²) >= 11 is 7.39. The van der Waals surface area contributed by atoms with Gasteiger partial charge >= 0.3 is 0 Å². The molecule has 0 atom stereocenters. The van der Waals surface area contributed by atoms with E-state index in [1.165, 1.54) is 11.8 Å². The summed E-state index contributed by atoms with van der Waals surface area (Å²) in [5, 5.41) is 9.98. The molecule has 29 heavy (non-hydrogen) atoms. The molecule has 0 aliphatic heterocycles. The second-order valence-corrected chi connectivity index (χ2v) is 7.52. The van der Waals surface area contributed by atoms with Crippen molar-refractivity contribution in [3.63, 3.8) is 0 Å². The van der Waals surface area contributed by atoms with Gasteiger partial charge in [-0.15, -0.1) is 10.2 Å². The third-order valence-corrected chi connectivity index (χ3v) is 5.48. The number of carbonyl (C=O) groups excluding carboxylic acids is 1. The summed E-state index contributed by atoms with van der Waals surface area (Å²) in [4.78, 5) is 15.3. The molecule has 2 heterocycles. The van der Waals surface area contributed by atoms with Crippen molar-refractivity contribution >= 4 is 29.1 Å². The summed E-state index contributed by atoms with van der Waals surface area (Å²) in [5.41, 5.74) is 2.32. The second-order valence-electron chi connectivity index (χ2n) is 6.14. The molecule has 146 valence electrons. The van der Waals surface area contributed by atoms with E-state index in [2.05, 4.69) is 15.2 Å². The lowest BCUT2D eigenvalue weighted by Gasteiger charge is -2.11. The van der Waals surface area contributed by atoms with Crippen LogP contribution >= 0.6 is 23.4 Å². The molecular formula is C21H17ClN4O2S. The van der Waals surface area contributed by atoms with Crippen molar-refractivity contribution in [1.82, 2.24) is 19.7 Å². The van der Waals surface area contributed by atoms with Gasteiger partial charge in [0.2, 0.25) is 0 Å². The van der Waals surface area contributed by atoms with Crippen LogP contribution in [0.1, 0.15) is 10.5 Å². The zero-order chi connectivity index (χ0) is 20.2. The Morgan fingerprint density at radius 1 is 1.10 bits per heavy atom. The van der Waals surface area contributed by atoms with E-state index in [-0.39, 0.29) is 11.5 Å². The first-order valence-corrected chi connectivity index (χ1v) is 10.2. The molecule has 2 aromatic heterocycles. The Kier molecular flexibility index (Phi) is 5.69. The van der Waals surface area contributed by atoms with Crippen molar-refractivity contribution in [2.45, 2.75) is 5.16 Å². The molecule has 0 saturated heterocycles. The van der Waals surface area contributed by atoms with Gasteiger partial charge in [0.05, 0.1) is 18.6 Å². The lowest BCUT2D eigenvalue weighted by Crippen LogP contribution is -2.05. The minimum Gasteiger partial charge on any atom is -0.497 e. The van der Waals surface area contributed by atoms with Crippen LogP contribution < -0.4 is 4.74 Å². The first-order chi connectivity index (χ1) is 14.2. The quantitative estimate of drug-likeness (QED) is 0.337. The van der Waals surface area contributed by atoms with Crippen molar-refractivity contribution in [2.24, 2.45) is 0 Å². The van der Waals surface area contributed by atoms with Crippen molar-refractivity contribution in [3.8, 4) is 22.8 Å². The summed E-state index contributed by atoms with van der Waals surface area (Å²) in [6.45, 7) is 0. The van der Waals surface area contributed by atoms with Crippen LogP contribution in [0.5, 0.6) is 5.75 Å². The number of aromatic amines is 1.